The first-order chi connectivity index (χ1) is 27.1. The Hall–Kier alpha value is -4.03. The van der Waals surface area contributed by atoms with Crippen LogP contribution in [0.25, 0.3) is 11.1 Å². The summed E-state index contributed by atoms with van der Waals surface area (Å²) >= 11 is 7.06. The molecule has 296 valence electrons. The van der Waals surface area contributed by atoms with Crippen molar-refractivity contribution in [2.45, 2.75) is 109 Å². The number of carbonyl (C=O) groups is 2. The summed E-state index contributed by atoms with van der Waals surface area (Å²) in [7, 11) is 3.86. The van der Waals surface area contributed by atoms with Crippen LogP contribution in [0.2, 0.25) is 5.02 Å². The van der Waals surface area contributed by atoms with Gasteiger partial charge in [0.2, 0.25) is 0 Å². The number of imidazole rings is 2. The molecule has 3 fully saturated rings. The summed E-state index contributed by atoms with van der Waals surface area (Å²) < 4.78 is 3.88. The van der Waals surface area contributed by atoms with E-state index >= 15 is 0 Å². The number of aromatic nitrogens is 4. The van der Waals surface area contributed by atoms with Crippen LogP contribution in [0.1, 0.15) is 114 Å². The average Bonchev–Trinajstić information content (AvgIpc) is 3.98. The van der Waals surface area contributed by atoms with Gasteiger partial charge in [0.1, 0.15) is 0 Å². The predicted molar refractivity (Wildman–Crippen MR) is 219 cm³/mol. The summed E-state index contributed by atoms with van der Waals surface area (Å²) in [5, 5.41) is 16.6. The normalized spacial score (nSPS) is 24.9. The quantitative estimate of drug-likeness (QED) is 0.164. The molecule has 3 saturated carbocycles. The lowest BCUT2D eigenvalue weighted by atomic mass is 9.81. The van der Waals surface area contributed by atoms with E-state index in [4.69, 9.17) is 21.6 Å². The Labute approximate surface area is 334 Å². The number of hydrogen-bond donors (Lipinski definition) is 3. The van der Waals surface area contributed by atoms with Crippen molar-refractivity contribution in [3.05, 3.63) is 81.4 Å². The van der Waals surface area contributed by atoms with Crippen molar-refractivity contribution in [3.63, 3.8) is 0 Å². The fourth-order valence-electron chi connectivity index (χ4n) is 10.8. The number of benzene rings is 2. The monoisotopic (exact) mass is 778 g/mol. The number of aliphatic hydroxyl groups excluding tert-OH is 1. The molecule has 4 heterocycles. The minimum atomic E-state index is -0.287. The summed E-state index contributed by atoms with van der Waals surface area (Å²) in [6.45, 7) is 6.50. The van der Waals surface area contributed by atoms with Gasteiger partial charge >= 0.3 is 0 Å². The highest BCUT2D eigenvalue weighted by molar-refractivity contribution is 6.36. The zero-order valence-electron chi connectivity index (χ0n) is 33.0. The molecule has 0 atom stereocenters. The Bertz CT molecular complexity index is 2160. The SMILES string of the molecule is Cc1c(NC(=O)c2nc3c(n2C)CCN(C2CCC(O)CC2)C3)cccc1-c1cccc(NC(=O)c2nc3c(n2C)CCN(CCC24CCC(CC2)C4)C3)c1Cl. The fraction of sp³-hybridized carbons (Fsp3) is 0.545. The van der Waals surface area contributed by atoms with Gasteiger partial charge in [-0.25, -0.2) is 9.97 Å². The van der Waals surface area contributed by atoms with Crippen LogP contribution in [0.15, 0.2) is 36.4 Å². The summed E-state index contributed by atoms with van der Waals surface area (Å²) in [4.78, 5) is 42.2. The lowest BCUT2D eigenvalue weighted by molar-refractivity contribution is 0.0668. The number of anilines is 2. The third kappa shape index (κ3) is 6.99. The highest BCUT2D eigenvalue weighted by Crippen LogP contribution is 2.56. The van der Waals surface area contributed by atoms with E-state index in [1.807, 2.05) is 66.6 Å². The summed E-state index contributed by atoms with van der Waals surface area (Å²) in [6, 6.07) is 11.9. The zero-order chi connectivity index (χ0) is 38.7. The molecule has 2 aliphatic heterocycles. The largest absolute Gasteiger partial charge is 0.393 e. The number of nitrogens with zero attached hydrogens (tertiary/aromatic N) is 6. The minimum absolute atomic E-state index is 0.181. The second-order valence-electron chi connectivity index (χ2n) is 17.4. The number of hydrogen-bond acceptors (Lipinski definition) is 7. The fourth-order valence-corrected chi connectivity index (χ4v) is 11.1. The van der Waals surface area contributed by atoms with E-state index in [0.29, 0.717) is 39.5 Å². The van der Waals surface area contributed by atoms with Gasteiger partial charge in [0, 0.05) is 81.8 Å². The van der Waals surface area contributed by atoms with Crippen molar-refractivity contribution in [3.8, 4) is 11.1 Å². The second-order valence-corrected chi connectivity index (χ2v) is 17.8. The lowest BCUT2D eigenvalue weighted by Gasteiger charge is -2.37. The number of halogens is 1. The molecule has 5 aliphatic rings. The van der Waals surface area contributed by atoms with E-state index in [1.165, 1.54) is 38.5 Å². The number of aliphatic hydroxyl groups is 1. The number of amides is 2. The molecule has 2 amide bonds. The number of carbonyl (C=O) groups excluding carboxylic acids is 2. The van der Waals surface area contributed by atoms with Crippen molar-refractivity contribution in [1.29, 1.82) is 0 Å². The Morgan fingerprint density at radius 1 is 0.821 bits per heavy atom. The van der Waals surface area contributed by atoms with E-state index in [9.17, 15) is 14.7 Å². The standard InChI is InChI=1S/C44H55ClN8O3/c1-27-31(6-4-8-33(27)48-42(55)40-47-36-26-53(22-17-38(36)51(40)3)29-10-12-30(54)13-11-29)32-7-5-9-34(39(32)45)49-43(56)41-46-35-25-52(21-16-37(35)50(41)2)23-20-44-18-14-28(24-44)15-19-44/h4-9,28-30,54H,10-26H2,1-3H3,(H,48,55)(H,49,56). The van der Waals surface area contributed by atoms with Crippen molar-refractivity contribution in [2.24, 2.45) is 25.4 Å². The van der Waals surface area contributed by atoms with Crippen molar-refractivity contribution in [2.75, 3.05) is 30.3 Å². The molecule has 3 aliphatic carbocycles. The van der Waals surface area contributed by atoms with Gasteiger partial charge in [-0.05, 0) is 112 Å². The van der Waals surface area contributed by atoms with Gasteiger partial charge in [0.05, 0.1) is 28.2 Å². The molecule has 0 radical (unpaired) electrons. The molecule has 11 nitrogen and oxygen atoms in total. The molecule has 0 unspecified atom stereocenters. The molecular formula is C44H55ClN8O3. The third-order valence-electron chi connectivity index (χ3n) is 14.2. The minimum Gasteiger partial charge on any atom is -0.393 e. The molecule has 2 aromatic carbocycles. The molecule has 12 heteroatoms. The van der Waals surface area contributed by atoms with E-state index in [2.05, 4.69) is 20.4 Å². The predicted octanol–water partition coefficient (Wildman–Crippen LogP) is 7.28. The molecule has 0 spiro atoms. The van der Waals surface area contributed by atoms with Crippen LogP contribution in [0.3, 0.4) is 0 Å². The van der Waals surface area contributed by atoms with Crippen molar-refractivity contribution in [1.82, 2.24) is 28.9 Å². The van der Waals surface area contributed by atoms with Gasteiger partial charge in [-0.15, -0.1) is 0 Å². The Kier molecular flexibility index (Phi) is 10.1. The lowest BCUT2D eigenvalue weighted by Crippen LogP contribution is -2.42. The van der Waals surface area contributed by atoms with Crippen LogP contribution >= 0.6 is 11.6 Å². The summed E-state index contributed by atoms with van der Waals surface area (Å²) in [6.07, 6.45) is 13.6. The van der Waals surface area contributed by atoms with Gasteiger partial charge in [-0.2, -0.15) is 0 Å². The molecule has 3 N–H and O–H groups in total. The van der Waals surface area contributed by atoms with Crippen LogP contribution in [0.5, 0.6) is 0 Å². The molecular weight excluding hydrogens is 724 g/mol. The van der Waals surface area contributed by atoms with Gasteiger partial charge < -0.3 is 24.9 Å². The molecule has 4 aromatic rings. The summed E-state index contributed by atoms with van der Waals surface area (Å²) in [5.74, 6) is 1.21. The van der Waals surface area contributed by atoms with Gasteiger partial charge in [-0.1, -0.05) is 35.9 Å². The highest BCUT2D eigenvalue weighted by Gasteiger charge is 2.44. The molecule has 56 heavy (non-hydrogen) atoms. The molecule has 2 aromatic heterocycles. The van der Waals surface area contributed by atoms with Crippen molar-refractivity contribution < 1.29 is 14.7 Å². The van der Waals surface area contributed by atoms with E-state index < -0.39 is 0 Å². The second kappa shape index (κ2) is 15.0. The highest BCUT2D eigenvalue weighted by atomic mass is 35.5. The maximum Gasteiger partial charge on any atom is 0.291 e. The molecule has 9 rings (SSSR count). The third-order valence-corrected chi connectivity index (χ3v) is 14.6. The van der Waals surface area contributed by atoms with Crippen LogP contribution in [0.4, 0.5) is 11.4 Å². The van der Waals surface area contributed by atoms with E-state index in [-0.39, 0.29) is 17.9 Å². The van der Waals surface area contributed by atoms with Crippen LogP contribution in [0, 0.1) is 18.3 Å². The number of fused-ring (bicyclic) bond motifs is 4. The smallest absolute Gasteiger partial charge is 0.291 e. The van der Waals surface area contributed by atoms with E-state index in [0.717, 1.165) is 117 Å². The van der Waals surface area contributed by atoms with E-state index in [1.54, 1.807) is 0 Å². The summed E-state index contributed by atoms with van der Waals surface area (Å²) in [5.41, 5.74) is 8.42. The Morgan fingerprint density at radius 3 is 2.09 bits per heavy atom. The van der Waals surface area contributed by atoms with Gasteiger partial charge in [0.25, 0.3) is 11.8 Å². The van der Waals surface area contributed by atoms with Gasteiger partial charge in [0.15, 0.2) is 11.6 Å². The molecule has 0 saturated heterocycles. The first kappa shape index (κ1) is 37.5. The average molecular weight is 779 g/mol. The first-order valence-corrected chi connectivity index (χ1v) is 21.2. The first-order valence-electron chi connectivity index (χ1n) is 20.8. The van der Waals surface area contributed by atoms with Crippen LogP contribution in [-0.4, -0.2) is 77.6 Å². The Balaban J connectivity index is 0.871. The van der Waals surface area contributed by atoms with Gasteiger partial charge in [-0.3, -0.25) is 19.4 Å². The van der Waals surface area contributed by atoms with Crippen LogP contribution in [-0.2, 0) is 40.0 Å². The zero-order valence-corrected chi connectivity index (χ0v) is 33.8. The Morgan fingerprint density at radius 2 is 1.43 bits per heavy atom. The molecule has 2 bridgehead atoms. The number of nitrogens with one attached hydrogen (secondary N) is 2. The maximum absolute atomic E-state index is 13.8. The van der Waals surface area contributed by atoms with Crippen LogP contribution < -0.4 is 10.6 Å². The van der Waals surface area contributed by atoms with Crippen molar-refractivity contribution >= 4 is 34.8 Å². The maximum atomic E-state index is 13.8. The number of rotatable bonds is 9. The topological polar surface area (TPSA) is 121 Å².